The summed E-state index contributed by atoms with van der Waals surface area (Å²) in [6, 6.07) is 13.8. The predicted molar refractivity (Wildman–Crippen MR) is 96.4 cm³/mol. The minimum Gasteiger partial charge on any atom is -0.496 e. The monoisotopic (exact) mass is 320 g/mol. The molecule has 0 fully saturated rings. The maximum atomic E-state index is 11.8. The summed E-state index contributed by atoms with van der Waals surface area (Å²) in [6.45, 7) is 0.775. The van der Waals surface area contributed by atoms with Crippen LogP contribution in [0, 0.1) is 0 Å². The van der Waals surface area contributed by atoms with Crippen LogP contribution in [0.15, 0.2) is 66.9 Å². The number of carbonyl (C=O) groups is 1. The van der Waals surface area contributed by atoms with E-state index in [-0.39, 0.29) is 0 Å². The van der Waals surface area contributed by atoms with Gasteiger partial charge in [0.25, 0.3) is 5.91 Å². The predicted octanol–water partition coefficient (Wildman–Crippen LogP) is 3.27. The smallest absolute Gasteiger partial charge is 0.252 e. The second kappa shape index (κ2) is 7.04. The van der Waals surface area contributed by atoms with E-state index in [9.17, 15) is 4.79 Å². The molecule has 4 nitrogen and oxygen atoms in total. The zero-order valence-electron chi connectivity index (χ0n) is 13.6. The Bertz CT molecular complexity index is 795. The number of ether oxygens (including phenoxy) is 1. The lowest BCUT2D eigenvalue weighted by molar-refractivity contribution is 0.0997. The fourth-order valence-corrected chi connectivity index (χ4v) is 2.93. The first kappa shape index (κ1) is 15.9. The summed E-state index contributed by atoms with van der Waals surface area (Å²) < 4.78 is 5.57. The number of nitrogens with zero attached hydrogens (tertiary/aromatic N) is 1. The highest BCUT2D eigenvalue weighted by molar-refractivity contribution is 5.97. The molecule has 0 aliphatic carbocycles. The third-order valence-electron chi connectivity index (χ3n) is 4.05. The normalized spacial score (nSPS) is 13.1. The van der Waals surface area contributed by atoms with Crippen LogP contribution in [-0.4, -0.2) is 19.6 Å². The van der Waals surface area contributed by atoms with Crippen molar-refractivity contribution in [1.82, 2.24) is 0 Å². The molecule has 2 N–H and O–H groups in total. The fraction of sp³-hybridized carbons (Fsp3) is 0.150. The first-order valence-corrected chi connectivity index (χ1v) is 7.84. The number of benzene rings is 2. The number of primary amides is 1. The number of nitrogens with two attached hydrogens (primary N) is 1. The molecular formula is C20H20N2O2. The van der Waals surface area contributed by atoms with Crippen molar-refractivity contribution in [2.75, 3.05) is 18.6 Å². The van der Waals surface area contributed by atoms with Crippen LogP contribution in [-0.2, 0) is 6.42 Å². The maximum absolute atomic E-state index is 11.8. The van der Waals surface area contributed by atoms with E-state index in [0.717, 1.165) is 23.4 Å². The van der Waals surface area contributed by atoms with Crippen LogP contribution in [0.25, 0.3) is 0 Å². The Morgan fingerprint density at radius 2 is 1.96 bits per heavy atom. The van der Waals surface area contributed by atoms with Gasteiger partial charge in [0, 0.05) is 30.4 Å². The van der Waals surface area contributed by atoms with Gasteiger partial charge in [-0.3, -0.25) is 4.79 Å². The lowest BCUT2D eigenvalue weighted by Crippen LogP contribution is -2.21. The number of hydrogen-bond donors (Lipinski definition) is 1. The topological polar surface area (TPSA) is 55.6 Å². The largest absolute Gasteiger partial charge is 0.496 e. The van der Waals surface area contributed by atoms with Crippen LogP contribution in [0.4, 0.5) is 5.69 Å². The fourth-order valence-electron chi connectivity index (χ4n) is 2.93. The van der Waals surface area contributed by atoms with Crippen molar-refractivity contribution in [2.24, 2.45) is 5.73 Å². The molecule has 1 aliphatic rings. The molecule has 0 atom stereocenters. The Balaban J connectivity index is 2.12. The van der Waals surface area contributed by atoms with Crippen LogP contribution in [0.3, 0.4) is 0 Å². The minimum absolute atomic E-state index is 0.406. The van der Waals surface area contributed by atoms with Crippen molar-refractivity contribution in [3.05, 3.63) is 83.6 Å². The number of carbonyl (C=O) groups excluding carboxylic acids is 1. The summed E-state index contributed by atoms with van der Waals surface area (Å²) >= 11 is 0. The first-order valence-electron chi connectivity index (χ1n) is 7.84. The maximum Gasteiger partial charge on any atom is 0.252 e. The average molecular weight is 320 g/mol. The number of allylic oxidation sites excluding steroid dienone is 2. The van der Waals surface area contributed by atoms with Gasteiger partial charge in [-0.15, -0.1) is 0 Å². The van der Waals surface area contributed by atoms with Crippen molar-refractivity contribution in [1.29, 1.82) is 0 Å². The molecule has 1 amide bonds. The van der Waals surface area contributed by atoms with Gasteiger partial charge >= 0.3 is 0 Å². The van der Waals surface area contributed by atoms with E-state index >= 15 is 0 Å². The van der Waals surface area contributed by atoms with Crippen molar-refractivity contribution in [3.8, 4) is 5.75 Å². The van der Waals surface area contributed by atoms with E-state index in [2.05, 4.69) is 23.1 Å². The van der Waals surface area contributed by atoms with E-state index in [0.29, 0.717) is 17.7 Å². The Hall–Kier alpha value is -3.01. The van der Waals surface area contributed by atoms with Crippen LogP contribution < -0.4 is 15.4 Å². The second-order valence-electron chi connectivity index (χ2n) is 5.59. The molecule has 3 rings (SSSR count). The molecule has 0 unspecified atom stereocenters. The van der Waals surface area contributed by atoms with Crippen LogP contribution in [0.5, 0.6) is 5.75 Å². The molecule has 4 heteroatoms. The second-order valence-corrected chi connectivity index (χ2v) is 5.59. The van der Waals surface area contributed by atoms with Gasteiger partial charge in [0.15, 0.2) is 0 Å². The lowest BCUT2D eigenvalue weighted by Gasteiger charge is -2.26. The van der Waals surface area contributed by atoms with Crippen LogP contribution in [0.2, 0.25) is 0 Å². The van der Waals surface area contributed by atoms with Gasteiger partial charge < -0.3 is 15.4 Å². The van der Waals surface area contributed by atoms with E-state index < -0.39 is 5.91 Å². The summed E-state index contributed by atoms with van der Waals surface area (Å²) in [5.74, 6) is 0.0635. The molecule has 1 aliphatic heterocycles. The van der Waals surface area contributed by atoms with Gasteiger partial charge in [-0.05, 0) is 23.8 Å². The van der Waals surface area contributed by atoms with Crippen LogP contribution >= 0.6 is 0 Å². The van der Waals surface area contributed by atoms with Crippen LogP contribution in [0.1, 0.15) is 21.5 Å². The summed E-state index contributed by atoms with van der Waals surface area (Å²) in [6.07, 6.45) is 8.77. The van der Waals surface area contributed by atoms with Crippen molar-refractivity contribution >= 4 is 11.6 Å². The molecule has 0 aromatic heterocycles. The van der Waals surface area contributed by atoms with Gasteiger partial charge in [-0.25, -0.2) is 0 Å². The number of rotatable bonds is 5. The van der Waals surface area contributed by atoms with Gasteiger partial charge in [0.1, 0.15) is 5.75 Å². The highest BCUT2D eigenvalue weighted by Crippen LogP contribution is 2.35. The van der Waals surface area contributed by atoms with Crippen molar-refractivity contribution < 1.29 is 9.53 Å². The molecule has 2 aromatic carbocycles. The third-order valence-corrected chi connectivity index (χ3v) is 4.05. The molecule has 0 saturated carbocycles. The van der Waals surface area contributed by atoms with E-state index in [1.807, 2.05) is 42.6 Å². The van der Waals surface area contributed by atoms with Gasteiger partial charge in [-0.2, -0.15) is 0 Å². The summed E-state index contributed by atoms with van der Waals surface area (Å²) in [7, 11) is 1.58. The molecule has 2 aromatic rings. The molecule has 122 valence electrons. The zero-order chi connectivity index (χ0) is 16.9. The van der Waals surface area contributed by atoms with E-state index in [4.69, 9.17) is 10.5 Å². The number of hydrogen-bond acceptors (Lipinski definition) is 3. The molecule has 1 heterocycles. The zero-order valence-corrected chi connectivity index (χ0v) is 13.6. The standard InChI is InChI=1S/C20H20N2O2/c1-24-19-16(20(21)23)10-11-18(22-12-6-3-7-13-22)17(19)14-15-8-4-2-5-9-15/h2-12H,13-14H2,1H3,(H2,21,23). The molecular weight excluding hydrogens is 300 g/mol. The highest BCUT2D eigenvalue weighted by Gasteiger charge is 2.20. The molecule has 0 bridgehead atoms. The Labute approximate surface area is 141 Å². The molecule has 24 heavy (non-hydrogen) atoms. The SMILES string of the molecule is COc1c(C(N)=O)ccc(N2C=CC=CC2)c1Cc1ccccc1. The number of anilines is 1. The number of amides is 1. The Kier molecular flexibility index (Phi) is 4.66. The average Bonchev–Trinajstić information content (AvgIpc) is 2.62. The summed E-state index contributed by atoms with van der Waals surface area (Å²) in [5.41, 5.74) is 9.05. The van der Waals surface area contributed by atoms with E-state index in [1.165, 1.54) is 0 Å². The van der Waals surface area contributed by atoms with Gasteiger partial charge in [0.05, 0.1) is 12.7 Å². The van der Waals surface area contributed by atoms with Crippen molar-refractivity contribution in [3.63, 3.8) is 0 Å². The highest BCUT2D eigenvalue weighted by atomic mass is 16.5. The van der Waals surface area contributed by atoms with Gasteiger partial charge in [0.2, 0.25) is 0 Å². The Morgan fingerprint density at radius 3 is 2.58 bits per heavy atom. The van der Waals surface area contributed by atoms with E-state index in [1.54, 1.807) is 13.2 Å². The van der Waals surface area contributed by atoms with Gasteiger partial charge in [-0.1, -0.05) is 42.5 Å². The first-order chi connectivity index (χ1) is 11.7. The minimum atomic E-state index is -0.484. The third kappa shape index (κ3) is 3.18. The summed E-state index contributed by atoms with van der Waals surface area (Å²) in [5, 5.41) is 0. The molecule has 0 saturated heterocycles. The lowest BCUT2D eigenvalue weighted by atomic mass is 9.98. The molecule has 0 spiro atoms. The number of methoxy groups -OCH3 is 1. The molecule has 0 radical (unpaired) electrons. The Morgan fingerprint density at radius 1 is 1.17 bits per heavy atom. The van der Waals surface area contributed by atoms with Crippen molar-refractivity contribution in [2.45, 2.75) is 6.42 Å². The summed E-state index contributed by atoms with van der Waals surface area (Å²) in [4.78, 5) is 13.9. The quantitative estimate of drug-likeness (QED) is 0.920.